The molecule has 1 saturated carbocycles. The number of nitrogens with zero attached hydrogens (tertiary/aromatic N) is 7. The molecule has 0 unspecified atom stereocenters. The molecule has 176 valence electrons. The van der Waals surface area contributed by atoms with E-state index in [0.29, 0.717) is 5.82 Å². The van der Waals surface area contributed by atoms with Gasteiger partial charge in [-0.05, 0) is 34.7 Å². The minimum absolute atomic E-state index is 0.495. The number of aromatic amines is 1. The molecule has 0 radical (unpaired) electrons. The number of benzene rings is 1. The lowest BCUT2D eigenvalue weighted by atomic mass is 9.87. The smallest absolute Gasteiger partial charge is 0.223 e. The first-order chi connectivity index (χ1) is 16.8. The summed E-state index contributed by atoms with van der Waals surface area (Å²) < 4.78 is 2.14. The van der Waals surface area contributed by atoms with Gasteiger partial charge in [0.05, 0.1) is 0 Å². The van der Waals surface area contributed by atoms with Crippen LogP contribution >= 0.6 is 0 Å². The van der Waals surface area contributed by atoms with Crippen molar-refractivity contribution in [2.24, 2.45) is 5.92 Å². The summed E-state index contributed by atoms with van der Waals surface area (Å²) in [7, 11) is 0. The Bertz CT molecular complexity index is 1170. The average Bonchev–Trinajstić information content (AvgIpc) is 3.54. The zero-order valence-corrected chi connectivity index (χ0v) is 19.8. The number of H-pyrrole nitrogens is 1. The van der Waals surface area contributed by atoms with Crippen molar-refractivity contribution < 1.29 is 0 Å². The molecule has 4 aromatic rings. The molecule has 8 heteroatoms. The van der Waals surface area contributed by atoms with Crippen LogP contribution in [0.25, 0.3) is 22.6 Å². The number of hydrogen-bond acceptors (Lipinski definition) is 6. The number of unbranched alkanes of at least 4 members (excludes halogenated alkanes) is 1. The van der Waals surface area contributed by atoms with Crippen molar-refractivity contribution in [1.29, 1.82) is 0 Å². The highest BCUT2D eigenvalue weighted by atomic mass is 15.5. The molecule has 3 heterocycles. The quantitative estimate of drug-likeness (QED) is 0.379. The van der Waals surface area contributed by atoms with Gasteiger partial charge >= 0.3 is 0 Å². The van der Waals surface area contributed by atoms with Crippen molar-refractivity contribution in [3.8, 4) is 22.6 Å². The van der Waals surface area contributed by atoms with Gasteiger partial charge in [-0.25, -0.2) is 9.67 Å². The number of tetrazole rings is 1. The second kappa shape index (κ2) is 10.7. The molecule has 0 amide bonds. The van der Waals surface area contributed by atoms with Gasteiger partial charge in [0.2, 0.25) is 5.82 Å². The summed E-state index contributed by atoms with van der Waals surface area (Å²) in [6.45, 7) is 3.16. The zero-order chi connectivity index (χ0) is 23.2. The molecule has 0 bridgehead atoms. The highest BCUT2D eigenvalue weighted by Crippen LogP contribution is 2.29. The van der Waals surface area contributed by atoms with Crippen LogP contribution in [0.15, 0.2) is 42.6 Å². The van der Waals surface area contributed by atoms with Crippen LogP contribution in [0.5, 0.6) is 0 Å². The van der Waals surface area contributed by atoms with Crippen LogP contribution in [0.1, 0.15) is 69.1 Å². The van der Waals surface area contributed by atoms with Crippen LogP contribution in [-0.2, 0) is 19.4 Å². The van der Waals surface area contributed by atoms with Crippen molar-refractivity contribution >= 4 is 0 Å². The maximum Gasteiger partial charge on any atom is 0.223 e. The highest BCUT2D eigenvalue weighted by Gasteiger charge is 2.18. The van der Waals surface area contributed by atoms with Crippen molar-refractivity contribution in [2.45, 2.75) is 71.3 Å². The van der Waals surface area contributed by atoms with Crippen LogP contribution < -0.4 is 0 Å². The number of pyridine rings is 1. The molecule has 1 aliphatic carbocycles. The molecule has 3 aromatic heterocycles. The third kappa shape index (κ3) is 5.21. The number of hydrogen-bond donors (Lipinski definition) is 1. The molecule has 1 aliphatic rings. The molecule has 5 rings (SSSR count). The normalized spacial score (nSPS) is 14.5. The first-order valence-electron chi connectivity index (χ1n) is 12.5. The fourth-order valence-corrected chi connectivity index (χ4v) is 4.84. The molecule has 0 atom stereocenters. The third-order valence-electron chi connectivity index (χ3n) is 6.70. The fourth-order valence-electron chi connectivity index (χ4n) is 4.84. The van der Waals surface area contributed by atoms with Gasteiger partial charge in [0.15, 0.2) is 5.82 Å². The van der Waals surface area contributed by atoms with Gasteiger partial charge in [-0.1, -0.05) is 75.8 Å². The molecule has 1 N–H and O–H groups in total. The number of aromatic nitrogens is 8. The lowest BCUT2D eigenvalue weighted by Gasteiger charge is -2.19. The average molecular weight is 457 g/mol. The largest absolute Gasteiger partial charge is 0.252 e. The molecular weight excluding hydrogens is 424 g/mol. The topological polar surface area (TPSA) is 98.1 Å². The lowest BCUT2D eigenvalue weighted by Crippen LogP contribution is -2.10. The molecule has 1 aromatic carbocycles. The van der Waals surface area contributed by atoms with Crippen molar-refractivity contribution in [3.63, 3.8) is 0 Å². The lowest BCUT2D eigenvalue weighted by molar-refractivity contribution is 0.351. The minimum atomic E-state index is 0.495. The highest BCUT2D eigenvalue weighted by molar-refractivity contribution is 5.77. The van der Waals surface area contributed by atoms with Crippen molar-refractivity contribution in [1.82, 2.24) is 40.4 Å². The van der Waals surface area contributed by atoms with E-state index < -0.39 is 0 Å². The summed E-state index contributed by atoms with van der Waals surface area (Å²) in [4.78, 5) is 9.47. The summed E-state index contributed by atoms with van der Waals surface area (Å²) in [6.07, 6.45) is 12.6. The van der Waals surface area contributed by atoms with Crippen LogP contribution in [0, 0.1) is 5.92 Å². The Morgan fingerprint density at radius 2 is 1.91 bits per heavy atom. The summed E-state index contributed by atoms with van der Waals surface area (Å²) >= 11 is 0. The van der Waals surface area contributed by atoms with E-state index in [0.717, 1.165) is 66.6 Å². The Balaban J connectivity index is 1.34. The number of rotatable bonds is 9. The van der Waals surface area contributed by atoms with E-state index in [1.54, 1.807) is 6.20 Å². The van der Waals surface area contributed by atoms with Gasteiger partial charge in [-0.3, -0.25) is 4.98 Å². The second-order valence-electron chi connectivity index (χ2n) is 9.24. The van der Waals surface area contributed by atoms with E-state index >= 15 is 0 Å². The minimum Gasteiger partial charge on any atom is -0.252 e. The van der Waals surface area contributed by atoms with Gasteiger partial charge in [0, 0.05) is 31.1 Å². The molecule has 8 nitrogen and oxygen atoms in total. The Labute approximate surface area is 200 Å². The molecule has 0 spiro atoms. The van der Waals surface area contributed by atoms with Crippen LogP contribution in [0.3, 0.4) is 0 Å². The van der Waals surface area contributed by atoms with E-state index in [9.17, 15) is 0 Å². The predicted octanol–water partition coefficient (Wildman–Crippen LogP) is 5.03. The molecule has 34 heavy (non-hydrogen) atoms. The van der Waals surface area contributed by atoms with Crippen LogP contribution in [-0.4, -0.2) is 40.4 Å². The van der Waals surface area contributed by atoms with Crippen molar-refractivity contribution in [2.75, 3.05) is 0 Å². The monoisotopic (exact) mass is 456 g/mol. The van der Waals surface area contributed by atoms with E-state index in [1.165, 1.54) is 37.7 Å². The number of nitrogens with one attached hydrogen (secondary N) is 1. The van der Waals surface area contributed by atoms with Gasteiger partial charge in [-0.2, -0.15) is 10.3 Å². The first kappa shape index (κ1) is 22.4. The molecule has 0 aliphatic heterocycles. The molecule has 1 fully saturated rings. The Morgan fingerprint density at radius 3 is 2.68 bits per heavy atom. The summed E-state index contributed by atoms with van der Waals surface area (Å²) in [6, 6.07) is 12.6. The second-order valence-corrected chi connectivity index (χ2v) is 9.24. The van der Waals surface area contributed by atoms with E-state index in [4.69, 9.17) is 10.1 Å². The first-order valence-corrected chi connectivity index (χ1v) is 12.5. The van der Waals surface area contributed by atoms with Gasteiger partial charge in [0.1, 0.15) is 11.5 Å². The van der Waals surface area contributed by atoms with E-state index in [-0.39, 0.29) is 0 Å². The Kier molecular flexibility index (Phi) is 7.02. The molecule has 0 saturated heterocycles. The van der Waals surface area contributed by atoms with Gasteiger partial charge in [-0.15, -0.1) is 10.2 Å². The summed E-state index contributed by atoms with van der Waals surface area (Å²) in [5.74, 6) is 3.33. The summed E-state index contributed by atoms with van der Waals surface area (Å²) in [5.41, 5.74) is 4.00. The maximum absolute atomic E-state index is 5.00. The molecular formula is C26H32N8. The summed E-state index contributed by atoms with van der Waals surface area (Å²) in [5, 5.41) is 19.3. The van der Waals surface area contributed by atoms with E-state index in [2.05, 4.69) is 61.5 Å². The predicted molar refractivity (Wildman–Crippen MR) is 131 cm³/mol. The fraction of sp³-hybridized carbons (Fsp3) is 0.462. The zero-order valence-electron chi connectivity index (χ0n) is 19.8. The van der Waals surface area contributed by atoms with Crippen molar-refractivity contribution in [3.05, 3.63) is 59.8 Å². The third-order valence-corrected chi connectivity index (χ3v) is 6.70. The number of aryl methyl sites for hydroxylation is 1. The van der Waals surface area contributed by atoms with Crippen LogP contribution in [0.4, 0.5) is 0 Å². The van der Waals surface area contributed by atoms with Gasteiger partial charge < -0.3 is 0 Å². The Morgan fingerprint density at radius 1 is 1.06 bits per heavy atom. The van der Waals surface area contributed by atoms with E-state index in [1.807, 2.05) is 12.1 Å². The SMILES string of the molecule is CCCCn1nc(CC2CCCCC2)nc1Cc1ccc(-c2cccnc2-c2nn[nH]n2)cc1. The van der Waals surface area contributed by atoms with Gasteiger partial charge in [0.25, 0.3) is 0 Å². The standard InChI is InChI=1S/C26H32N8/c1-2-3-16-34-24(28-23(31-34)17-19-8-5-4-6-9-19)18-20-11-13-21(14-12-20)22-10-7-15-27-25(22)26-29-32-33-30-26/h7,10-15,19H,2-6,8-9,16-18H2,1H3,(H,29,30,32,33). The van der Waals surface area contributed by atoms with Crippen LogP contribution in [0.2, 0.25) is 0 Å². The Hall–Kier alpha value is -3.42. The maximum atomic E-state index is 5.00.